The molecule has 2 aromatic carbocycles. The number of nitrogens with one attached hydrogen (secondary N) is 1. The third-order valence-electron chi connectivity index (χ3n) is 6.30. The Balaban J connectivity index is 1.55. The summed E-state index contributed by atoms with van der Waals surface area (Å²) < 4.78 is 1.69. The van der Waals surface area contributed by atoms with Crippen LogP contribution >= 0.6 is 0 Å². The van der Waals surface area contributed by atoms with Crippen molar-refractivity contribution in [2.75, 3.05) is 18.0 Å². The molecule has 2 heterocycles. The first-order valence-electron chi connectivity index (χ1n) is 11.2. The van der Waals surface area contributed by atoms with Gasteiger partial charge in [-0.15, -0.1) is 5.10 Å². The lowest BCUT2D eigenvalue weighted by molar-refractivity contribution is -0.384. The molecule has 0 radical (unpaired) electrons. The van der Waals surface area contributed by atoms with Crippen molar-refractivity contribution in [2.24, 2.45) is 22.6 Å². The Morgan fingerprint density at radius 3 is 2.68 bits per heavy atom. The predicted octanol–water partition coefficient (Wildman–Crippen LogP) is 1.87. The minimum atomic E-state index is -0.494. The lowest BCUT2D eigenvalue weighted by Crippen LogP contribution is -2.38. The van der Waals surface area contributed by atoms with Gasteiger partial charge in [-0.2, -0.15) is 0 Å². The third kappa shape index (κ3) is 4.55. The molecule has 0 atom stereocenters. The second-order valence-electron chi connectivity index (χ2n) is 8.33. The molecule has 5 N–H and O–H groups in total. The second kappa shape index (κ2) is 9.87. The maximum atomic E-state index is 13.3. The zero-order valence-corrected chi connectivity index (χ0v) is 19.0. The number of hydrazone groups is 1. The molecule has 0 amide bonds. The second-order valence-corrected chi connectivity index (χ2v) is 8.33. The van der Waals surface area contributed by atoms with E-state index in [1.165, 1.54) is 12.1 Å². The fourth-order valence-electron chi connectivity index (χ4n) is 4.54. The van der Waals surface area contributed by atoms with E-state index in [2.05, 4.69) is 20.5 Å². The van der Waals surface area contributed by atoms with Crippen molar-refractivity contribution in [1.82, 2.24) is 15.1 Å². The highest BCUT2D eigenvalue weighted by atomic mass is 16.6. The Morgan fingerprint density at radius 1 is 1.26 bits per heavy atom. The quantitative estimate of drug-likeness (QED) is 0.157. The Kier molecular flexibility index (Phi) is 6.73. The zero-order valence-electron chi connectivity index (χ0n) is 19.0. The molecular weight excluding hydrogens is 436 g/mol. The van der Waals surface area contributed by atoms with Gasteiger partial charge in [0.15, 0.2) is 5.84 Å². The number of nitrogens with zero attached hydrogens (tertiary/aromatic N) is 5. The summed E-state index contributed by atoms with van der Waals surface area (Å²) in [6.45, 7) is 4.09. The van der Waals surface area contributed by atoms with Crippen LogP contribution in [0.4, 0.5) is 11.4 Å². The van der Waals surface area contributed by atoms with Crippen molar-refractivity contribution in [1.29, 1.82) is 0 Å². The van der Waals surface area contributed by atoms with E-state index in [-0.39, 0.29) is 22.6 Å². The van der Waals surface area contributed by atoms with E-state index in [0.717, 1.165) is 37.2 Å². The maximum Gasteiger partial charge on any atom is 0.270 e. The fraction of sp³-hybridized carbons (Fsp3) is 0.348. The first kappa shape index (κ1) is 23.2. The highest BCUT2D eigenvalue weighted by Crippen LogP contribution is 2.27. The third-order valence-corrected chi connectivity index (χ3v) is 6.30. The number of benzene rings is 2. The van der Waals surface area contributed by atoms with Crippen LogP contribution < -0.4 is 27.6 Å². The first-order chi connectivity index (χ1) is 16.4. The number of para-hydroxylation sites is 1. The number of hydrogen-bond donors (Lipinski definition) is 3. The van der Waals surface area contributed by atoms with E-state index >= 15 is 0 Å². The average molecular weight is 465 g/mol. The minimum Gasteiger partial charge on any atom is -0.382 e. The van der Waals surface area contributed by atoms with Crippen molar-refractivity contribution in [3.63, 3.8) is 0 Å². The molecule has 4 rings (SSSR count). The number of non-ortho nitro benzene ring substituents is 1. The van der Waals surface area contributed by atoms with Crippen molar-refractivity contribution >= 4 is 28.1 Å². The molecule has 1 saturated heterocycles. The fourth-order valence-corrected chi connectivity index (χ4v) is 4.54. The van der Waals surface area contributed by atoms with Crippen LogP contribution in [0.25, 0.3) is 10.9 Å². The van der Waals surface area contributed by atoms with E-state index in [1.807, 2.05) is 31.2 Å². The molecule has 34 heavy (non-hydrogen) atoms. The van der Waals surface area contributed by atoms with Gasteiger partial charge in [0.05, 0.1) is 15.8 Å². The number of amidine groups is 1. The summed E-state index contributed by atoms with van der Waals surface area (Å²) >= 11 is 0. The zero-order chi connectivity index (χ0) is 24.2. The summed E-state index contributed by atoms with van der Waals surface area (Å²) in [4.78, 5) is 30.8. The molecule has 0 unspecified atom stereocenters. The minimum absolute atomic E-state index is 0.109. The first-order valence-corrected chi connectivity index (χ1v) is 11.2. The molecule has 0 spiro atoms. The number of fused-ring (bicyclic) bond motifs is 1. The van der Waals surface area contributed by atoms with Gasteiger partial charge in [-0.3, -0.25) is 19.5 Å². The van der Waals surface area contributed by atoms with Crippen LogP contribution in [0.2, 0.25) is 0 Å². The van der Waals surface area contributed by atoms with Gasteiger partial charge < -0.3 is 10.6 Å². The topological polar surface area (TPSA) is 158 Å². The van der Waals surface area contributed by atoms with E-state index < -0.39 is 4.92 Å². The summed E-state index contributed by atoms with van der Waals surface area (Å²) in [5, 5.41) is 15.4. The normalized spacial score (nSPS) is 15.0. The molecule has 11 heteroatoms. The number of nitro groups is 1. The number of hydrogen-bond acceptors (Lipinski definition) is 8. The predicted molar refractivity (Wildman–Crippen MR) is 131 cm³/mol. The van der Waals surface area contributed by atoms with E-state index in [0.29, 0.717) is 30.1 Å². The number of rotatable bonds is 7. The van der Waals surface area contributed by atoms with Gasteiger partial charge in [0.25, 0.3) is 11.2 Å². The Labute approximate surface area is 196 Å². The highest BCUT2D eigenvalue weighted by Gasteiger charge is 2.24. The maximum absolute atomic E-state index is 13.3. The van der Waals surface area contributed by atoms with Crippen molar-refractivity contribution in [2.45, 2.75) is 32.7 Å². The molecule has 1 aliphatic heterocycles. The Morgan fingerprint density at radius 2 is 2.00 bits per heavy atom. The van der Waals surface area contributed by atoms with Gasteiger partial charge in [0.1, 0.15) is 5.82 Å². The summed E-state index contributed by atoms with van der Waals surface area (Å²) in [6.07, 6.45) is 2.36. The van der Waals surface area contributed by atoms with Crippen LogP contribution in [-0.4, -0.2) is 33.4 Å². The molecule has 1 aromatic heterocycles. The van der Waals surface area contributed by atoms with Crippen LogP contribution in [0, 0.1) is 16.0 Å². The molecule has 1 aliphatic rings. The van der Waals surface area contributed by atoms with Crippen LogP contribution in [0.3, 0.4) is 0 Å². The number of aryl methyl sites for hydroxylation is 1. The molecule has 1 fully saturated rings. The molecule has 11 nitrogen and oxygen atoms in total. The molecule has 0 bridgehead atoms. The number of anilines is 1. The number of piperidine rings is 1. The Hall–Kier alpha value is -3.99. The standard InChI is InChI=1S/C23H28N8O3/c1-2-21-26-19-8-7-16(31(33)34)13-18(19)23(32)30(21)14-15-9-11-29(12-10-15)20-6-4-3-5-17(20)22(24)27-28-25/h3-8,13,15,28H,2,9-12,14,25H2,1H3,(H2,24,27). The smallest absolute Gasteiger partial charge is 0.270 e. The molecule has 0 aliphatic carbocycles. The van der Waals surface area contributed by atoms with Crippen molar-refractivity contribution < 1.29 is 4.92 Å². The van der Waals surface area contributed by atoms with Gasteiger partial charge in [-0.05, 0) is 37.0 Å². The molecular formula is C23H28N8O3. The van der Waals surface area contributed by atoms with E-state index in [1.54, 1.807) is 10.6 Å². The molecule has 0 saturated carbocycles. The average Bonchev–Trinajstić information content (AvgIpc) is 2.86. The van der Waals surface area contributed by atoms with Gasteiger partial charge in [-0.1, -0.05) is 19.1 Å². The number of nitro benzene ring substituents is 1. The lowest BCUT2D eigenvalue weighted by atomic mass is 9.95. The molecule has 3 aromatic rings. The monoisotopic (exact) mass is 464 g/mol. The van der Waals surface area contributed by atoms with E-state index in [9.17, 15) is 14.9 Å². The van der Waals surface area contributed by atoms with Crippen molar-refractivity contribution in [3.8, 4) is 0 Å². The number of hydrazine groups is 1. The van der Waals surface area contributed by atoms with Crippen LogP contribution in [-0.2, 0) is 13.0 Å². The summed E-state index contributed by atoms with van der Waals surface area (Å²) in [7, 11) is 0. The number of aromatic nitrogens is 2. The van der Waals surface area contributed by atoms with Gasteiger partial charge >= 0.3 is 0 Å². The highest BCUT2D eigenvalue weighted by molar-refractivity contribution is 6.02. The summed E-state index contributed by atoms with van der Waals surface area (Å²) in [6, 6.07) is 12.0. The van der Waals surface area contributed by atoms with Crippen LogP contribution in [0.5, 0.6) is 0 Å². The van der Waals surface area contributed by atoms with Gasteiger partial charge in [0.2, 0.25) is 0 Å². The lowest BCUT2D eigenvalue weighted by Gasteiger charge is -2.35. The van der Waals surface area contributed by atoms with Crippen LogP contribution in [0.15, 0.2) is 52.4 Å². The molecule has 178 valence electrons. The summed E-state index contributed by atoms with van der Waals surface area (Å²) in [5.74, 6) is 6.57. The van der Waals surface area contributed by atoms with Crippen LogP contribution in [0.1, 0.15) is 31.2 Å². The largest absolute Gasteiger partial charge is 0.382 e. The SMILES string of the molecule is CCc1nc2ccc([N+](=O)[O-])cc2c(=O)n1CC1CCN(c2ccccc2/C(N)=N/NN)CC1. The van der Waals surface area contributed by atoms with Gasteiger partial charge in [-0.25, -0.2) is 16.4 Å². The summed E-state index contributed by atoms with van der Waals surface area (Å²) in [5.41, 5.74) is 10.2. The van der Waals surface area contributed by atoms with E-state index in [4.69, 9.17) is 11.6 Å². The van der Waals surface area contributed by atoms with Gasteiger partial charge in [0, 0.05) is 49.4 Å². The van der Waals surface area contributed by atoms with Crippen molar-refractivity contribution in [3.05, 3.63) is 74.3 Å². The Bertz CT molecular complexity index is 1300. The number of nitrogens with two attached hydrogens (primary N) is 2.